The van der Waals surface area contributed by atoms with Gasteiger partial charge in [0.15, 0.2) is 0 Å². The molecular weight excluding hydrogens is 310 g/mol. The topological polar surface area (TPSA) is 46.1 Å². The molecule has 0 saturated carbocycles. The first-order chi connectivity index (χ1) is 12.3. The van der Waals surface area contributed by atoms with Crippen molar-refractivity contribution < 1.29 is 4.79 Å². The van der Waals surface area contributed by atoms with E-state index in [9.17, 15) is 4.79 Å². The lowest BCUT2D eigenvalue weighted by Crippen LogP contribution is -2.26. The minimum absolute atomic E-state index is 0.00973. The van der Waals surface area contributed by atoms with E-state index in [4.69, 9.17) is 0 Å². The van der Waals surface area contributed by atoms with E-state index in [-0.39, 0.29) is 5.91 Å². The molecule has 1 aliphatic carbocycles. The Morgan fingerprint density at radius 3 is 3.04 bits per heavy atom. The molecule has 25 heavy (non-hydrogen) atoms. The van der Waals surface area contributed by atoms with Crippen LogP contribution in [0.4, 0.5) is 0 Å². The van der Waals surface area contributed by atoms with Gasteiger partial charge in [0.2, 0.25) is 5.91 Å². The van der Waals surface area contributed by atoms with Gasteiger partial charge in [-0.05, 0) is 54.2 Å². The average Bonchev–Trinajstić information content (AvgIpc) is 3.17. The van der Waals surface area contributed by atoms with Gasteiger partial charge in [-0.1, -0.05) is 24.8 Å². The third-order valence-corrected chi connectivity index (χ3v) is 5.08. The van der Waals surface area contributed by atoms with Crippen LogP contribution in [0.15, 0.2) is 55.5 Å². The second-order valence-electron chi connectivity index (χ2n) is 6.64. The van der Waals surface area contributed by atoms with Crippen molar-refractivity contribution in [3.05, 3.63) is 66.7 Å². The van der Waals surface area contributed by atoms with Crippen LogP contribution in [0, 0.1) is 0 Å². The summed E-state index contributed by atoms with van der Waals surface area (Å²) < 4.78 is 0. The van der Waals surface area contributed by atoms with Crippen molar-refractivity contribution in [3.63, 3.8) is 0 Å². The summed E-state index contributed by atoms with van der Waals surface area (Å²) >= 11 is 0. The molecule has 0 bridgehead atoms. The summed E-state index contributed by atoms with van der Waals surface area (Å²) in [7, 11) is 0. The molecule has 1 unspecified atom stereocenters. The van der Waals surface area contributed by atoms with Gasteiger partial charge in [-0.25, -0.2) is 9.97 Å². The molecule has 126 valence electrons. The van der Waals surface area contributed by atoms with Gasteiger partial charge in [-0.15, -0.1) is 0 Å². The molecule has 1 fully saturated rings. The minimum atomic E-state index is 0.00973. The fourth-order valence-corrected chi connectivity index (χ4v) is 3.78. The number of allylic oxidation sites excluding steroid dienone is 4. The van der Waals surface area contributed by atoms with E-state index in [2.05, 4.69) is 46.9 Å². The highest BCUT2D eigenvalue weighted by Crippen LogP contribution is 2.34. The maximum absolute atomic E-state index is 11.9. The molecule has 1 amide bonds. The summed E-state index contributed by atoms with van der Waals surface area (Å²) in [6, 6.07) is 4.42. The molecule has 4 nitrogen and oxygen atoms in total. The third kappa shape index (κ3) is 3.00. The van der Waals surface area contributed by atoms with E-state index < -0.39 is 0 Å². The van der Waals surface area contributed by atoms with Gasteiger partial charge in [-0.2, -0.15) is 0 Å². The highest BCUT2D eigenvalue weighted by Gasteiger charge is 2.28. The maximum atomic E-state index is 11.9. The summed E-state index contributed by atoms with van der Waals surface area (Å²) in [6.07, 6.45) is 14.7. The Labute approximate surface area is 147 Å². The standard InChI is InChI=1S/C21H21N3O/c1-2-20(25)24-9-8-16(13-24)19-11-17(15-6-4-3-5-7-15)10-18-12-22-14-23-21(18)19/h2,4,6-7,10-12,14,16H,1,3,5,8-9,13H2. The molecule has 2 aromatic rings. The Kier molecular flexibility index (Phi) is 4.18. The molecule has 1 aliphatic heterocycles. The second kappa shape index (κ2) is 6.63. The average molecular weight is 331 g/mol. The van der Waals surface area contributed by atoms with Crippen molar-refractivity contribution in [2.24, 2.45) is 0 Å². The van der Waals surface area contributed by atoms with Crippen molar-refractivity contribution in [1.29, 1.82) is 0 Å². The van der Waals surface area contributed by atoms with Crippen molar-refractivity contribution in [2.45, 2.75) is 25.2 Å². The molecule has 1 aromatic carbocycles. The zero-order chi connectivity index (χ0) is 17.2. The fraction of sp³-hybridized carbons (Fsp3) is 0.286. The second-order valence-corrected chi connectivity index (χ2v) is 6.64. The first kappa shape index (κ1) is 15.8. The van der Waals surface area contributed by atoms with E-state index in [0.29, 0.717) is 5.92 Å². The van der Waals surface area contributed by atoms with Gasteiger partial charge in [0.05, 0.1) is 5.52 Å². The molecular formula is C21H21N3O. The first-order valence-corrected chi connectivity index (χ1v) is 8.78. The highest BCUT2D eigenvalue weighted by molar-refractivity contribution is 5.89. The van der Waals surface area contributed by atoms with Crippen molar-refractivity contribution in [1.82, 2.24) is 14.9 Å². The van der Waals surface area contributed by atoms with Crippen LogP contribution in [0.25, 0.3) is 16.5 Å². The summed E-state index contributed by atoms with van der Waals surface area (Å²) in [5.41, 5.74) is 4.68. The lowest BCUT2D eigenvalue weighted by atomic mass is 9.90. The van der Waals surface area contributed by atoms with E-state index in [1.807, 2.05) is 11.1 Å². The molecule has 1 saturated heterocycles. The molecule has 0 spiro atoms. The number of carbonyl (C=O) groups excluding carboxylic acids is 1. The van der Waals surface area contributed by atoms with E-state index in [1.54, 1.807) is 6.33 Å². The Hall–Kier alpha value is -2.75. The molecule has 1 aromatic heterocycles. The minimum Gasteiger partial charge on any atom is -0.339 e. The van der Waals surface area contributed by atoms with Crippen LogP contribution in [0.5, 0.6) is 0 Å². The quantitative estimate of drug-likeness (QED) is 0.802. The van der Waals surface area contributed by atoms with Gasteiger partial charge in [0.25, 0.3) is 0 Å². The zero-order valence-electron chi connectivity index (χ0n) is 14.2. The number of fused-ring (bicyclic) bond motifs is 1. The van der Waals surface area contributed by atoms with Crippen LogP contribution in [0.2, 0.25) is 0 Å². The Morgan fingerprint density at radius 1 is 1.32 bits per heavy atom. The summed E-state index contributed by atoms with van der Waals surface area (Å²) in [5.74, 6) is 0.310. The molecule has 0 N–H and O–H groups in total. The molecule has 0 radical (unpaired) electrons. The van der Waals surface area contributed by atoms with E-state index in [0.717, 1.165) is 43.3 Å². The zero-order valence-corrected chi connectivity index (χ0v) is 14.2. The Morgan fingerprint density at radius 2 is 2.24 bits per heavy atom. The van der Waals surface area contributed by atoms with Crippen LogP contribution < -0.4 is 0 Å². The van der Waals surface area contributed by atoms with Gasteiger partial charge >= 0.3 is 0 Å². The fourth-order valence-electron chi connectivity index (χ4n) is 3.78. The predicted octanol–water partition coefficient (Wildman–Crippen LogP) is 3.87. The number of carbonyl (C=O) groups is 1. The number of benzene rings is 1. The highest BCUT2D eigenvalue weighted by atomic mass is 16.2. The lowest BCUT2D eigenvalue weighted by Gasteiger charge is -2.17. The largest absolute Gasteiger partial charge is 0.339 e. The van der Waals surface area contributed by atoms with E-state index >= 15 is 0 Å². The number of hydrogen-bond acceptors (Lipinski definition) is 3. The van der Waals surface area contributed by atoms with Crippen LogP contribution in [-0.2, 0) is 4.79 Å². The van der Waals surface area contributed by atoms with Gasteiger partial charge in [0, 0.05) is 30.6 Å². The molecule has 2 heterocycles. The molecule has 4 rings (SSSR count). The van der Waals surface area contributed by atoms with E-state index in [1.165, 1.54) is 22.8 Å². The monoisotopic (exact) mass is 331 g/mol. The molecule has 1 atom stereocenters. The Bertz CT molecular complexity index is 897. The predicted molar refractivity (Wildman–Crippen MR) is 100 cm³/mol. The summed E-state index contributed by atoms with van der Waals surface area (Å²) in [5, 5.41) is 1.06. The smallest absolute Gasteiger partial charge is 0.245 e. The number of aromatic nitrogens is 2. The van der Waals surface area contributed by atoms with Crippen LogP contribution >= 0.6 is 0 Å². The Balaban J connectivity index is 1.77. The number of amides is 1. The van der Waals surface area contributed by atoms with Crippen LogP contribution in [-0.4, -0.2) is 33.9 Å². The van der Waals surface area contributed by atoms with Crippen molar-refractivity contribution >= 4 is 22.4 Å². The first-order valence-electron chi connectivity index (χ1n) is 8.78. The van der Waals surface area contributed by atoms with Crippen LogP contribution in [0.3, 0.4) is 0 Å². The van der Waals surface area contributed by atoms with Crippen molar-refractivity contribution in [3.8, 4) is 0 Å². The van der Waals surface area contributed by atoms with Crippen LogP contribution in [0.1, 0.15) is 36.3 Å². The van der Waals surface area contributed by atoms with Gasteiger partial charge in [-0.3, -0.25) is 4.79 Å². The summed E-state index contributed by atoms with van der Waals surface area (Å²) in [6.45, 7) is 5.10. The summed E-state index contributed by atoms with van der Waals surface area (Å²) in [4.78, 5) is 22.5. The molecule has 2 aliphatic rings. The van der Waals surface area contributed by atoms with Gasteiger partial charge < -0.3 is 4.90 Å². The normalized spacial score (nSPS) is 19.9. The number of rotatable bonds is 3. The number of hydrogen-bond donors (Lipinski definition) is 0. The number of nitrogens with zero attached hydrogens (tertiary/aromatic N) is 3. The SMILES string of the molecule is C=CC(=O)N1CCC(c2cc(C3=CCCC=C3)cc3cncnc23)C1. The van der Waals surface area contributed by atoms with Gasteiger partial charge in [0.1, 0.15) is 6.33 Å². The number of likely N-dealkylation sites (tertiary alicyclic amines) is 1. The lowest BCUT2D eigenvalue weighted by molar-refractivity contribution is -0.125. The maximum Gasteiger partial charge on any atom is 0.245 e. The van der Waals surface area contributed by atoms with Crippen molar-refractivity contribution in [2.75, 3.05) is 13.1 Å². The molecule has 4 heteroatoms. The third-order valence-electron chi connectivity index (χ3n) is 5.08.